The van der Waals surface area contributed by atoms with E-state index in [-0.39, 0.29) is 0 Å². The van der Waals surface area contributed by atoms with Crippen molar-refractivity contribution in [2.24, 2.45) is 0 Å². The average molecular weight is 198 g/mol. The maximum absolute atomic E-state index is 8.56. The average Bonchev–Trinajstić information content (AvgIpc) is 2.68. The zero-order valence-corrected chi connectivity index (χ0v) is 8.69. The third-order valence-corrected chi connectivity index (χ3v) is 2.69. The second kappa shape index (κ2) is 4.77. The van der Waals surface area contributed by atoms with Gasteiger partial charge in [0.1, 0.15) is 0 Å². The summed E-state index contributed by atoms with van der Waals surface area (Å²) in [7, 11) is 0. The molecule has 1 saturated heterocycles. The summed E-state index contributed by atoms with van der Waals surface area (Å²) in [4.78, 5) is 2.37. The fraction of sp³-hybridized carbons (Fsp3) is 0.308. The lowest BCUT2D eigenvalue weighted by molar-refractivity contribution is 0.337. The van der Waals surface area contributed by atoms with Crippen LogP contribution in [-0.4, -0.2) is 18.0 Å². The van der Waals surface area contributed by atoms with Crippen molar-refractivity contribution in [2.75, 3.05) is 13.1 Å². The van der Waals surface area contributed by atoms with Gasteiger partial charge in [0.05, 0.1) is 6.07 Å². The zero-order valence-electron chi connectivity index (χ0n) is 8.69. The van der Waals surface area contributed by atoms with E-state index >= 15 is 0 Å². The summed E-state index contributed by atoms with van der Waals surface area (Å²) in [5.41, 5.74) is 2.60. The van der Waals surface area contributed by atoms with Gasteiger partial charge in [0.25, 0.3) is 0 Å². The normalized spacial score (nSPS) is 19.3. The van der Waals surface area contributed by atoms with E-state index in [1.54, 1.807) is 6.08 Å². The minimum Gasteiger partial charge on any atom is -0.295 e. The van der Waals surface area contributed by atoms with Gasteiger partial charge in [0.2, 0.25) is 0 Å². The number of hydrogen-bond donors (Lipinski definition) is 0. The quantitative estimate of drug-likeness (QED) is 0.682. The van der Waals surface area contributed by atoms with Crippen molar-refractivity contribution in [1.82, 2.24) is 4.90 Å². The molecule has 0 amide bonds. The van der Waals surface area contributed by atoms with E-state index < -0.39 is 0 Å². The summed E-state index contributed by atoms with van der Waals surface area (Å²) in [5.74, 6) is 0. The van der Waals surface area contributed by atoms with Crippen LogP contribution >= 0.6 is 0 Å². The highest BCUT2D eigenvalue weighted by Crippen LogP contribution is 2.17. The maximum atomic E-state index is 8.56. The molecule has 1 aromatic carbocycles. The van der Waals surface area contributed by atoms with E-state index in [2.05, 4.69) is 35.2 Å². The predicted octanol–water partition coefficient (Wildman–Crippen LogP) is 2.34. The summed E-state index contributed by atoms with van der Waals surface area (Å²) in [5, 5.41) is 8.56. The van der Waals surface area contributed by atoms with Crippen molar-refractivity contribution in [3.63, 3.8) is 0 Å². The first kappa shape index (κ1) is 9.95. The Kier molecular flexibility index (Phi) is 3.16. The molecule has 1 aromatic rings. The van der Waals surface area contributed by atoms with Gasteiger partial charge in [-0.05, 0) is 17.6 Å². The van der Waals surface area contributed by atoms with Gasteiger partial charge in [0.15, 0.2) is 0 Å². The zero-order chi connectivity index (χ0) is 10.5. The fourth-order valence-electron chi connectivity index (χ4n) is 1.93. The molecule has 1 aliphatic rings. The van der Waals surface area contributed by atoms with Crippen molar-refractivity contribution in [2.45, 2.75) is 13.0 Å². The smallest absolute Gasteiger partial charge is 0.0912 e. The van der Waals surface area contributed by atoms with E-state index in [1.807, 2.05) is 6.07 Å². The predicted molar refractivity (Wildman–Crippen MR) is 60.0 cm³/mol. The molecule has 2 rings (SSSR count). The Balaban J connectivity index is 1.94. The minimum absolute atomic E-state index is 0.947. The summed E-state index contributed by atoms with van der Waals surface area (Å²) < 4.78 is 0. The minimum atomic E-state index is 0.947. The van der Waals surface area contributed by atoms with Gasteiger partial charge in [-0.3, -0.25) is 4.90 Å². The second-order valence-corrected chi connectivity index (χ2v) is 3.88. The van der Waals surface area contributed by atoms with Crippen LogP contribution in [0.5, 0.6) is 0 Å². The molecule has 0 unspecified atom stereocenters. The van der Waals surface area contributed by atoms with Gasteiger partial charge in [0, 0.05) is 25.7 Å². The molecule has 0 saturated carbocycles. The Bertz CT molecular complexity index is 387. The third kappa shape index (κ3) is 2.68. The number of benzene rings is 1. The molecule has 0 bridgehead atoms. The van der Waals surface area contributed by atoms with Crippen LogP contribution in [0.4, 0.5) is 0 Å². The lowest BCUT2D eigenvalue weighted by Gasteiger charge is -2.13. The molecular formula is C13H14N2. The fourth-order valence-corrected chi connectivity index (χ4v) is 1.93. The third-order valence-electron chi connectivity index (χ3n) is 2.69. The topological polar surface area (TPSA) is 27.0 Å². The Morgan fingerprint density at radius 1 is 1.33 bits per heavy atom. The van der Waals surface area contributed by atoms with E-state index in [0.717, 1.165) is 26.1 Å². The van der Waals surface area contributed by atoms with Crippen molar-refractivity contribution < 1.29 is 0 Å². The van der Waals surface area contributed by atoms with Crippen LogP contribution in [0, 0.1) is 11.3 Å². The van der Waals surface area contributed by atoms with E-state index in [0.29, 0.717) is 0 Å². The van der Waals surface area contributed by atoms with Gasteiger partial charge in [-0.15, -0.1) is 0 Å². The highest BCUT2D eigenvalue weighted by Gasteiger charge is 2.15. The molecule has 2 nitrogen and oxygen atoms in total. The van der Waals surface area contributed by atoms with Gasteiger partial charge in [-0.1, -0.05) is 30.3 Å². The first-order valence-electron chi connectivity index (χ1n) is 5.22. The molecule has 0 radical (unpaired) electrons. The molecule has 76 valence electrons. The van der Waals surface area contributed by atoms with Gasteiger partial charge < -0.3 is 0 Å². The summed E-state index contributed by atoms with van der Waals surface area (Å²) in [6, 6.07) is 12.6. The molecule has 0 aliphatic carbocycles. The number of nitrogens with zero attached hydrogens (tertiary/aromatic N) is 2. The first-order chi connectivity index (χ1) is 7.38. The lowest BCUT2D eigenvalue weighted by atomic mass is 10.2. The maximum Gasteiger partial charge on any atom is 0.0912 e. The van der Waals surface area contributed by atoms with E-state index in [1.165, 1.54) is 11.1 Å². The molecule has 0 aromatic heterocycles. The van der Waals surface area contributed by atoms with Crippen molar-refractivity contribution in [3.05, 3.63) is 47.5 Å². The molecule has 1 heterocycles. The van der Waals surface area contributed by atoms with Crippen molar-refractivity contribution in [3.8, 4) is 6.07 Å². The first-order valence-corrected chi connectivity index (χ1v) is 5.22. The van der Waals surface area contributed by atoms with Crippen LogP contribution in [0.1, 0.15) is 12.0 Å². The molecule has 1 aliphatic heterocycles. The summed E-state index contributed by atoms with van der Waals surface area (Å²) >= 11 is 0. The van der Waals surface area contributed by atoms with Gasteiger partial charge in [-0.2, -0.15) is 5.26 Å². The molecule has 2 heteroatoms. The molecule has 1 fully saturated rings. The van der Waals surface area contributed by atoms with E-state index in [9.17, 15) is 0 Å². The SMILES string of the molecule is N#C/C=C1/CCN(Cc2ccccc2)C1. The van der Waals surface area contributed by atoms with Crippen LogP contribution in [0.2, 0.25) is 0 Å². The van der Waals surface area contributed by atoms with Crippen LogP contribution < -0.4 is 0 Å². The Hall–Kier alpha value is -1.59. The molecular weight excluding hydrogens is 184 g/mol. The van der Waals surface area contributed by atoms with Crippen LogP contribution in [0.15, 0.2) is 42.0 Å². The van der Waals surface area contributed by atoms with Gasteiger partial charge in [-0.25, -0.2) is 0 Å². The Labute approximate surface area is 90.4 Å². The second-order valence-electron chi connectivity index (χ2n) is 3.88. The standard InChI is InChI=1S/C13H14N2/c14-8-6-13-7-9-15(11-13)10-12-4-2-1-3-5-12/h1-6H,7,9-11H2/b13-6-. The highest BCUT2D eigenvalue weighted by molar-refractivity contribution is 5.20. The number of allylic oxidation sites excluding steroid dienone is 1. The van der Waals surface area contributed by atoms with E-state index in [4.69, 9.17) is 5.26 Å². The highest BCUT2D eigenvalue weighted by atomic mass is 15.1. The molecule has 0 atom stereocenters. The van der Waals surface area contributed by atoms with Crippen LogP contribution in [-0.2, 0) is 6.54 Å². The Morgan fingerprint density at radius 2 is 2.13 bits per heavy atom. The number of hydrogen-bond acceptors (Lipinski definition) is 2. The van der Waals surface area contributed by atoms with Gasteiger partial charge >= 0.3 is 0 Å². The molecule has 0 spiro atoms. The largest absolute Gasteiger partial charge is 0.295 e. The monoisotopic (exact) mass is 198 g/mol. The van der Waals surface area contributed by atoms with Crippen LogP contribution in [0.25, 0.3) is 0 Å². The van der Waals surface area contributed by atoms with Crippen molar-refractivity contribution in [1.29, 1.82) is 5.26 Å². The molecule has 15 heavy (non-hydrogen) atoms. The Morgan fingerprint density at radius 3 is 2.87 bits per heavy atom. The van der Waals surface area contributed by atoms with Crippen molar-refractivity contribution >= 4 is 0 Å². The number of nitriles is 1. The number of likely N-dealkylation sites (tertiary alicyclic amines) is 1. The summed E-state index contributed by atoms with van der Waals surface area (Å²) in [6.07, 6.45) is 2.73. The lowest BCUT2D eigenvalue weighted by Crippen LogP contribution is -2.18. The number of rotatable bonds is 2. The van der Waals surface area contributed by atoms with Crippen LogP contribution in [0.3, 0.4) is 0 Å². The summed E-state index contributed by atoms with van der Waals surface area (Å²) in [6.45, 7) is 3.01. The molecule has 0 N–H and O–H groups in total.